The summed E-state index contributed by atoms with van der Waals surface area (Å²) < 4.78 is 32.9. The molecule has 0 aromatic heterocycles. The molecule has 11 heteroatoms. The monoisotopic (exact) mass is 450 g/mol. The summed E-state index contributed by atoms with van der Waals surface area (Å²) >= 11 is 0. The first-order valence-electron chi connectivity index (χ1n) is 10.0. The van der Waals surface area contributed by atoms with Crippen molar-refractivity contribution in [1.29, 1.82) is 0 Å². The molecule has 0 amide bonds. The van der Waals surface area contributed by atoms with E-state index in [-0.39, 0.29) is 36.2 Å². The van der Waals surface area contributed by atoms with Crippen LogP contribution in [0.2, 0.25) is 0 Å². The first-order chi connectivity index (χ1) is 13.3. The van der Waals surface area contributed by atoms with Gasteiger partial charge < -0.3 is 15.3 Å². The summed E-state index contributed by atoms with van der Waals surface area (Å²) in [4.78, 5) is 10.6. The molecule has 0 aliphatic rings. The van der Waals surface area contributed by atoms with E-state index in [1.54, 1.807) is 0 Å². The predicted molar refractivity (Wildman–Crippen MR) is 111 cm³/mol. The van der Waals surface area contributed by atoms with Crippen molar-refractivity contribution >= 4 is 45.9 Å². The number of hydrogen-bond acceptors (Lipinski definition) is 8. The van der Waals surface area contributed by atoms with E-state index in [0.29, 0.717) is 6.42 Å². The van der Waals surface area contributed by atoms with E-state index >= 15 is 0 Å². The van der Waals surface area contributed by atoms with Gasteiger partial charge in [0.05, 0.1) is 38.5 Å². The summed E-state index contributed by atoms with van der Waals surface area (Å²) in [6.07, 6.45) is 11.1. The molecule has 9 nitrogen and oxygen atoms in total. The van der Waals surface area contributed by atoms with Crippen LogP contribution < -0.4 is 5.32 Å². The molecular formula is C18H37NNaO8S. The number of unbranched alkanes of at least 4 members (excludes halogenated alkanes) is 9. The molecule has 169 valence electrons. The van der Waals surface area contributed by atoms with Gasteiger partial charge in [-0.25, -0.2) is 8.37 Å². The molecule has 4 N–H and O–H groups in total. The molecular weight excluding hydrogens is 413 g/mol. The first-order valence-corrected chi connectivity index (χ1v) is 11.4. The molecule has 0 aromatic rings. The van der Waals surface area contributed by atoms with Crippen molar-refractivity contribution in [3.63, 3.8) is 0 Å². The third-order valence-electron chi connectivity index (χ3n) is 4.43. The van der Waals surface area contributed by atoms with Crippen LogP contribution in [0.15, 0.2) is 0 Å². The number of aliphatic carboxylic acids is 1. The van der Waals surface area contributed by atoms with Crippen molar-refractivity contribution in [2.75, 3.05) is 33.0 Å². The minimum Gasteiger partial charge on any atom is -0.480 e. The maximum atomic E-state index is 11.8. The zero-order valence-electron chi connectivity index (χ0n) is 17.9. The van der Waals surface area contributed by atoms with Crippen molar-refractivity contribution in [3.8, 4) is 0 Å². The molecule has 0 bridgehead atoms. The van der Waals surface area contributed by atoms with Gasteiger partial charge in [0.25, 0.3) is 0 Å². The summed E-state index contributed by atoms with van der Waals surface area (Å²) in [5, 5.41) is 29.7. The predicted octanol–water partition coefficient (Wildman–Crippen LogP) is 1.20. The third-order valence-corrected chi connectivity index (χ3v) is 5.29. The van der Waals surface area contributed by atoms with Crippen LogP contribution in [0.4, 0.5) is 0 Å². The molecule has 0 aliphatic heterocycles. The van der Waals surface area contributed by atoms with Crippen molar-refractivity contribution in [3.05, 3.63) is 0 Å². The SMILES string of the molecule is CCCCCCCCCCCCOS(=O)(=O)OCC(CO)(CO)NCC(=O)O.[Na]. The molecule has 0 fully saturated rings. The van der Waals surface area contributed by atoms with Crippen LogP contribution in [-0.4, -0.2) is 97.8 Å². The van der Waals surface area contributed by atoms with Crippen LogP contribution in [-0.2, 0) is 23.6 Å². The first kappa shape index (κ1) is 31.4. The number of carboxylic acids is 1. The summed E-state index contributed by atoms with van der Waals surface area (Å²) in [6.45, 7) is -0.431. The summed E-state index contributed by atoms with van der Waals surface area (Å²) in [7, 11) is -4.29. The van der Waals surface area contributed by atoms with E-state index in [1.807, 2.05) is 0 Å². The molecule has 1 radical (unpaired) electrons. The van der Waals surface area contributed by atoms with E-state index in [2.05, 4.69) is 16.4 Å². The van der Waals surface area contributed by atoms with Crippen LogP contribution >= 0.6 is 0 Å². The number of carboxylic acid groups (broad SMARTS) is 1. The fourth-order valence-corrected chi connectivity index (χ4v) is 3.30. The van der Waals surface area contributed by atoms with E-state index in [1.165, 1.54) is 38.5 Å². The maximum absolute atomic E-state index is 11.8. The van der Waals surface area contributed by atoms with Crippen molar-refractivity contribution in [1.82, 2.24) is 5.32 Å². The Morgan fingerprint density at radius 1 is 0.897 bits per heavy atom. The summed E-state index contributed by atoms with van der Waals surface area (Å²) in [5.41, 5.74) is -1.59. The largest absolute Gasteiger partial charge is 0.480 e. The zero-order chi connectivity index (χ0) is 21.3. The minimum atomic E-state index is -4.29. The van der Waals surface area contributed by atoms with Crippen LogP contribution in [0, 0.1) is 0 Å². The van der Waals surface area contributed by atoms with Gasteiger partial charge in [0.2, 0.25) is 0 Å². The van der Waals surface area contributed by atoms with Gasteiger partial charge in [0, 0.05) is 29.6 Å². The minimum absolute atomic E-state index is 0. The molecule has 0 atom stereocenters. The fourth-order valence-electron chi connectivity index (χ4n) is 2.54. The van der Waals surface area contributed by atoms with E-state index in [4.69, 9.17) is 9.29 Å². The number of nitrogens with one attached hydrogen (secondary N) is 1. The summed E-state index contributed by atoms with van der Waals surface area (Å²) in [5.74, 6) is -1.22. The molecule has 0 unspecified atom stereocenters. The van der Waals surface area contributed by atoms with Gasteiger partial charge in [-0.1, -0.05) is 64.7 Å². The van der Waals surface area contributed by atoms with Crippen molar-refractivity contribution < 1.29 is 36.9 Å². The Bertz CT molecular complexity index is 500. The molecule has 0 saturated carbocycles. The number of carbonyl (C=O) groups is 1. The molecule has 0 rings (SSSR count). The summed E-state index contributed by atoms with van der Waals surface area (Å²) in [6, 6.07) is 0. The third kappa shape index (κ3) is 17.6. The second-order valence-electron chi connectivity index (χ2n) is 7.02. The Morgan fingerprint density at radius 2 is 1.38 bits per heavy atom. The quantitative estimate of drug-likeness (QED) is 0.159. The van der Waals surface area contributed by atoms with Gasteiger partial charge in [0.15, 0.2) is 0 Å². The van der Waals surface area contributed by atoms with Crippen molar-refractivity contribution in [2.45, 2.75) is 76.7 Å². The number of aliphatic hydroxyl groups excluding tert-OH is 2. The number of hydrogen-bond donors (Lipinski definition) is 4. The van der Waals surface area contributed by atoms with Crippen LogP contribution in [0.5, 0.6) is 0 Å². The number of aliphatic hydroxyl groups is 2. The molecule has 29 heavy (non-hydrogen) atoms. The topological polar surface area (TPSA) is 142 Å². The van der Waals surface area contributed by atoms with Gasteiger partial charge >= 0.3 is 16.4 Å². The molecule has 0 heterocycles. The van der Waals surface area contributed by atoms with E-state index in [9.17, 15) is 23.4 Å². The fraction of sp³-hybridized carbons (Fsp3) is 0.944. The Balaban J connectivity index is 0. The number of rotatable bonds is 20. The molecule has 0 aromatic carbocycles. The Labute approximate surface area is 197 Å². The van der Waals surface area contributed by atoms with E-state index in [0.717, 1.165) is 19.3 Å². The van der Waals surface area contributed by atoms with Gasteiger partial charge in [-0.05, 0) is 6.42 Å². The maximum Gasteiger partial charge on any atom is 0.399 e. The van der Waals surface area contributed by atoms with Gasteiger partial charge in [-0.3, -0.25) is 10.1 Å². The second-order valence-corrected chi connectivity index (χ2v) is 8.31. The van der Waals surface area contributed by atoms with Crippen LogP contribution in [0.25, 0.3) is 0 Å². The standard InChI is InChI=1S/C18H37NO8S.Na/c1-2-3-4-5-6-7-8-9-10-11-12-26-28(24,25)27-16-18(14-20,15-21)19-13-17(22)23;/h19-21H,2-16H2,1H3,(H,22,23);. The van der Waals surface area contributed by atoms with Gasteiger partial charge in [-0.15, -0.1) is 0 Å². The average molecular weight is 451 g/mol. The molecule has 0 aliphatic carbocycles. The Morgan fingerprint density at radius 3 is 1.83 bits per heavy atom. The van der Waals surface area contributed by atoms with Crippen LogP contribution in [0.3, 0.4) is 0 Å². The Kier molecular flexibility index (Phi) is 20.5. The van der Waals surface area contributed by atoms with E-state index < -0.39 is 48.3 Å². The van der Waals surface area contributed by atoms with Crippen LogP contribution in [0.1, 0.15) is 71.1 Å². The normalized spacial score (nSPS) is 12.0. The van der Waals surface area contributed by atoms with Gasteiger partial charge in [-0.2, -0.15) is 8.42 Å². The second kappa shape index (κ2) is 18.9. The smallest absolute Gasteiger partial charge is 0.399 e. The zero-order valence-corrected chi connectivity index (χ0v) is 20.7. The Hall–Kier alpha value is 0.220. The van der Waals surface area contributed by atoms with Gasteiger partial charge in [0.1, 0.15) is 0 Å². The average Bonchev–Trinajstić information content (AvgIpc) is 2.66. The van der Waals surface area contributed by atoms with Crippen molar-refractivity contribution in [2.24, 2.45) is 0 Å². The molecule has 0 saturated heterocycles. The molecule has 0 spiro atoms.